The van der Waals surface area contributed by atoms with E-state index in [4.69, 9.17) is 8.83 Å². The van der Waals surface area contributed by atoms with Gasteiger partial charge >= 0.3 is 5.63 Å². The summed E-state index contributed by atoms with van der Waals surface area (Å²) in [7, 11) is 0. The number of benzene rings is 2. The average molecular weight is 290 g/mol. The minimum absolute atomic E-state index is 0.368. The van der Waals surface area contributed by atoms with Crippen molar-refractivity contribution < 1.29 is 8.83 Å². The van der Waals surface area contributed by atoms with Crippen LogP contribution in [0.3, 0.4) is 0 Å². The van der Waals surface area contributed by atoms with Crippen LogP contribution in [-0.2, 0) is 6.42 Å². The van der Waals surface area contributed by atoms with E-state index in [2.05, 4.69) is 13.0 Å². The van der Waals surface area contributed by atoms with Gasteiger partial charge in [-0.05, 0) is 36.2 Å². The summed E-state index contributed by atoms with van der Waals surface area (Å²) in [6, 6.07) is 17.2. The van der Waals surface area contributed by atoms with Gasteiger partial charge in [-0.25, -0.2) is 4.79 Å². The van der Waals surface area contributed by atoms with Gasteiger partial charge in [0.25, 0.3) is 0 Å². The highest BCUT2D eigenvalue weighted by atomic mass is 16.4. The highest BCUT2D eigenvalue weighted by molar-refractivity contribution is 5.94. The number of hydrogen-bond donors (Lipinski definition) is 0. The number of furan rings is 1. The Bertz CT molecular complexity index is 1000. The van der Waals surface area contributed by atoms with Crippen molar-refractivity contribution >= 4 is 21.9 Å². The molecule has 0 saturated heterocycles. The van der Waals surface area contributed by atoms with E-state index in [-0.39, 0.29) is 5.63 Å². The standard InChI is InChI=1S/C19H14O3/c1-2-12-7-8-17-14(9-12)15(11-19(20)22-17)18-10-13-5-3-4-6-16(13)21-18/h3-11H,2H2,1H3. The summed E-state index contributed by atoms with van der Waals surface area (Å²) in [5.74, 6) is 0.687. The van der Waals surface area contributed by atoms with E-state index in [1.165, 1.54) is 11.6 Å². The first-order chi connectivity index (χ1) is 10.7. The van der Waals surface area contributed by atoms with Crippen molar-refractivity contribution in [2.24, 2.45) is 0 Å². The molecule has 0 atom stereocenters. The maximum absolute atomic E-state index is 11.8. The second-order valence-electron chi connectivity index (χ2n) is 5.31. The van der Waals surface area contributed by atoms with Crippen LogP contribution in [-0.4, -0.2) is 0 Å². The fourth-order valence-corrected chi connectivity index (χ4v) is 2.75. The van der Waals surface area contributed by atoms with Gasteiger partial charge < -0.3 is 8.83 Å². The molecule has 2 aromatic heterocycles. The second kappa shape index (κ2) is 4.88. The normalized spacial score (nSPS) is 11.3. The lowest BCUT2D eigenvalue weighted by Gasteiger charge is -2.04. The first-order valence-corrected chi connectivity index (χ1v) is 7.30. The Morgan fingerprint density at radius 3 is 2.59 bits per heavy atom. The van der Waals surface area contributed by atoms with Gasteiger partial charge in [0.2, 0.25) is 0 Å². The molecule has 0 bridgehead atoms. The molecule has 0 amide bonds. The molecule has 0 radical (unpaired) electrons. The van der Waals surface area contributed by atoms with E-state index in [9.17, 15) is 4.79 Å². The Morgan fingerprint density at radius 2 is 1.77 bits per heavy atom. The highest BCUT2D eigenvalue weighted by Crippen LogP contribution is 2.32. The van der Waals surface area contributed by atoms with E-state index in [0.29, 0.717) is 11.3 Å². The molecule has 0 spiro atoms. The number of para-hydroxylation sites is 1. The monoisotopic (exact) mass is 290 g/mol. The fourth-order valence-electron chi connectivity index (χ4n) is 2.75. The summed E-state index contributed by atoms with van der Waals surface area (Å²) < 4.78 is 11.2. The first kappa shape index (κ1) is 12.9. The van der Waals surface area contributed by atoms with E-state index in [1.807, 2.05) is 42.5 Å². The maximum Gasteiger partial charge on any atom is 0.336 e. The minimum Gasteiger partial charge on any atom is -0.456 e. The van der Waals surface area contributed by atoms with Gasteiger partial charge in [-0.1, -0.05) is 31.2 Å². The lowest BCUT2D eigenvalue weighted by Crippen LogP contribution is -1.98. The van der Waals surface area contributed by atoms with E-state index >= 15 is 0 Å². The molecule has 0 N–H and O–H groups in total. The molecular weight excluding hydrogens is 276 g/mol. The topological polar surface area (TPSA) is 43.4 Å². The molecule has 4 aromatic rings. The molecule has 3 nitrogen and oxygen atoms in total. The Labute approximate surface area is 126 Å². The molecule has 22 heavy (non-hydrogen) atoms. The van der Waals surface area contributed by atoms with Crippen molar-refractivity contribution in [2.75, 3.05) is 0 Å². The first-order valence-electron chi connectivity index (χ1n) is 7.30. The third-order valence-corrected chi connectivity index (χ3v) is 3.91. The van der Waals surface area contributed by atoms with Crippen LogP contribution in [0.25, 0.3) is 33.3 Å². The van der Waals surface area contributed by atoms with Gasteiger partial charge in [-0.15, -0.1) is 0 Å². The molecule has 0 unspecified atom stereocenters. The van der Waals surface area contributed by atoms with Crippen LogP contribution in [0.4, 0.5) is 0 Å². The van der Waals surface area contributed by atoms with Crippen molar-refractivity contribution in [1.29, 1.82) is 0 Å². The van der Waals surface area contributed by atoms with Crippen LogP contribution in [0.5, 0.6) is 0 Å². The summed E-state index contributed by atoms with van der Waals surface area (Å²) in [6.45, 7) is 2.10. The van der Waals surface area contributed by atoms with E-state index < -0.39 is 0 Å². The van der Waals surface area contributed by atoms with E-state index in [0.717, 1.165) is 28.3 Å². The molecule has 0 aliphatic rings. The smallest absolute Gasteiger partial charge is 0.336 e. The van der Waals surface area contributed by atoms with E-state index in [1.54, 1.807) is 0 Å². The van der Waals surface area contributed by atoms with Crippen LogP contribution in [0, 0.1) is 0 Å². The molecule has 0 fully saturated rings. The predicted molar refractivity (Wildman–Crippen MR) is 87.1 cm³/mol. The summed E-state index contributed by atoms with van der Waals surface area (Å²) in [4.78, 5) is 11.8. The third-order valence-electron chi connectivity index (χ3n) is 3.91. The van der Waals surface area contributed by atoms with Gasteiger partial charge in [-0.3, -0.25) is 0 Å². The summed E-state index contributed by atoms with van der Waals surface area (Å²) in [5.41, 5.74) is 2.99. The Hall–Kier alpha value is -2.81. The van der Waals surface area contributed by atoms with Crippen molar-refractivity contribution in [3.63, 3.8) is 0 Å². The highest BCUT2D eigenvalue weighted by Gasteiger charge is 2.12. The molecule has 0 saturated carbocycles. The number of hydrogen-bond acceptors (Lipinski definition) is 3. The largest absolute Gasteiger partial charge is 0.456 e. The quantitative estimate of drug-likeness (QED) is 0.499. The van der Waals surface area contributed by atoms with Crippen LogP contribution in [0.2, 0.25) is 0 Å². The Balaban J connectivity index is 2.05. The minimum atomic E-state index is -0.368. The summed E-state index contributed by atoms with van der Waals surface area (Å²) in [5, 5.41) is 1.92. The lowest BCUT2D eigenvalue weighted by atomic mass is 10.0. The Kier molecular flexibility index (Phi) is 2.86. The molecule has 0 aliphatic carbocycles. The summed E-state index contributed by atoms with van der Waals surface area (Å²) in [6.07, 6.45) is 0.925. The third kappa shape index (κ3) is 2.02. The van der Waals surface area contributed by atoms with Crippen LogP contribution < -0.4 is 5.63 Å². The van der Waals surface area contributed by atoms with Gasteiger partial charge in [-0.2, -0.15) is 0 Å². The molecule has 108 valence electrons. The molecule has 3 heteroatoms. The summed E-state index contributed by atoms with van der Waals surface area (Å²) >= 11 is 0. The van der Waals surface area contributed by atoms with Crippen LogP contribution >= 0.6 is 0 Å². The van der Waals surface area contributed by atoms with Crippen LogP contribution in [0.15, 0.2) is 68.2 Å². The average Bonchev–Trinajstić information content (AvgIpc) is 2.97. The maximum atomic E-state index is 11.8. The SMILES string of the molecule is CCc1ccc2oc(=O)cc(-c3cc4ccccc4o3)c2c1. The van der Waals surface area contributed by atoms with Gasteiger partial charge in [0, 0.05) is 22.4 Å². The number of aryl methyl sites for hydroxylation is 1. The zero-order valence-electron chi connectivity index (χ0n) is 12.1. The van der Waals surface area contributed by atoms with Crippen molar-refractivity contribution in [3.8, 4) is 11.3 Å². The number of fused-ring (bicyclic) bond motifs is 2. The number of rotatable bonds is 2. The fraction of sp³-hybridized carbons (Fsp3) is 0.105. The van der Waals surface area contributed by atoms with Gasteiger partial charge in [0.1, 0.15) is 16.9 Å². The zero-order valence-corrected chi connectivity index (χ0v) is 12.1. The molecule has 2 heterocycles. The van der Waals surface area contributed by atoms with Gasteiger partial charge in [0.05, 0.1) is 0 Å². The van der Waals surface area contributed by atoms with Crippen molar-refractivity contribution in [1.82, 2.24) is 0 Å². The second-order valence-corrected chi connectivity index (χ2v) is 5.31. The predicted octanol–water partition coefficient (Wildman–Crippen LogP) is 4.77. The molecule has 4 rings (SSSR count). The van der Waals surface area contributed by atoms with Crippen molar-refractivity contribution in [3.05, 3.63) is 70.6 Å². The molecule has 2 aromatic carbocycles. The lowest BCUT2D eigenvalue weighted by molar-refractivity contribution is 0.559. The zero-order chi connectivity index (χ0) is 15.1. The molecular formula is C19H14O3. The van der Waals surface area contributed by atoms with Crippen molar-refractivity contribution in [2.45, 2.75) is 13.3 Å². The van der Waals surface area contributed by atoms with Crippen LogP contribution in [0.1, 0.15) is 12.5 Å². The Morgan fingerprint density at radius 1 is 0.909 bits per heavy atom. The molecule has 0 aliphatic heterocycles. The van der Waals surface area contributed by atoms with Gasteiger partial charge in [0.15, 0.2) is 0 Å².